The van der Waals surface area contributed by atoms with Crippen molar-refractivity contribution in [2.75, 3.05) is 6.61 Å². The molecule has 1 aliphatic heterocycles. The van der Waals surface area contributed by atoms with Gasteiger partial charge in [-0.25, -0.2) is 4.79 Å². The molecular weight excluding hydrogens is 418 g/mol. The maximum Gasteiger partial charge on any atom is 0.350 e. The number of benzene rings is 1. The quantitative estimate of drug-likeness (QED) is 0.285. The number of halogens is 2. The lowest BCUT2D eigenvalue weighted by Crippen LogP contribution is -2.42. The zero-order valence-corrected chi connectivity index (χ0v) is 15.9. The Kier molecular flexibility index (Phi) is 6.61. The van der Waals surface area contributed by atoms with Crippen molar-refractivity contribution in [2.24, 2.45) is 10.8 Å². The summed E-state index contributed by atoms with van der Waals surface area (Å²) in [7, 11) is 0. The van der Waals surface area contributed by atoms with E-state index in [1.807, 2.05) is 0 Å². The van der Waals surface area contributed by atoms with Crippen molar-refractivity contribution in [3.05, 3.63) is 69.1 Å². The van der Waals surface area contributed by atoms with Gasteiger partial charge >= 0.3 is 17.6 Å². The van der Waals surface area contributed by atoms with Crippen molar-refractivity contribution >= 4 is 11.8 Å². The molecule has 0 unspecified atom stereocenters. The van der Waals surface area contributed by atoms with Gasteiger partial charge < -0.3 is 20.3 Å². The molecule has 0 amide bonds. The van der Waals surface area contributed by atoms with Crippen LogP contribution in [0.15, 0.2) is 52.5 Å². The summed E-state index contributed by atoms with van der Waals surface area (Å²) >= 11 is 0. The van der Waals surface area contributed by atoms with Crippen molar-refractivity contribution in [3.8, 4) is 0 Å². The van der Waals surface area contributed by atoms with Crippen LogP contribution in [0.25, 0.3) is 10.4 Å². The number of nitrogens with two attached hydrogens (primary N) is 1. The van der Waals surface area contributed by atoms with Crippen LogP contribution in [0.4, 0.5) is 14.6 Å². The van der Waals surface area contributed by atoms with E-state index >= 15 is 0 Å². The lowest BCUT2D eigenvalue weighted by Gasteiger charge is -2.20. The van der Waals surface area contributed by atoms with Crippen LogP contribution in [0.2, 0.25) is 0 Å². The van der Waals surface area contributed by atoms with E-state index < -0.39 is 48.7 Å². The zero-order chi connectivity index (χ0) is 22.6. The minimum Gasteiger partial charge on any atom is -0.462 e. The molecule has 13 heteroatoms. The molecule has 1 aromatic carbocycles. The topological polar surface area (TPSA) is 165 Å². The number of ether oxygens (including phenoxy) is 2. The van der Waals surface area contributed by atoms with Gasteiger partial charge in [-0.05, 0) is 28.7 Å². The van der Waals surface area contributed by atoms with Crippen LogP contribution in [-0.2, 0) is 20.7 Å². The van der Waals surface area contributed by atoms with Gasteiger partial charge in [-0.15, -0.1) is 0 Å². The van der Waals surface area contributed by atoms with Crippen molar-refractivity contribution < 1.29 is 28.2 Å². The van der Waals surface area contributed by atoms with E-state index in [-0.39, 0.29) is 12.2 Å². The Labute approximate surface area is 173 Å². The van der Waals surface area contributed by atoms with E-state index in [0.717, 1.165) is 17.8 Å². The normalized spacial score (nSPS) is 23.0. The lowest BCUT2D eigenvalue weighted by atomic mass is 10.1. The summed E-state index contributed by atoms with van der Waals surface area (Å²) in [5.74, 6) is -5.07. The highest BCUT2D eigenvalue weighted by Crippen LogP contribution is 2.42. The predicted octanol–water partition coefficient (Wildman–Crippen LogP) is 1.19. The first-order valence-electron chi connectivity index (χ1n) is 9.05. The predicted molar refractivity (Wildman–Crippen MR) is 101 cm³/mol. The number of aliphatic hydroxyl groups excluding tert-OH is 1. The number of esters is 1. The number of nitrogens with zero attached hydrogens (tertiary/aromatic N) is 5. The van der Waals surface area contributed by atoms with Crippen molar-refractivity contribution in [2.45, 2.75) is 36.8 Å². The van der Waals surface area contributed by atoms with E-state index in [2.05, 4.69) is 15.0 Å². The molecule has 164 valence electrons. The fourth-order valence-corrected chi connectivity index (χ4v) is 3.01. The molecular formula is C18H18F2N6O5. The minimum absolute atomic E-state index is 0.172. The Morgan fingerprint density at radius 2 is 2.13 bits per heavy atom. The van der Waals surface area contributed by atoms with E-state index in [9.17, 15) is 23.5 Å². The van der Waals surface area contributed by atoms with Crippen LogP contribution < -0.4 is 11.4 Å². The minimum atomic E-state index is -3.89. The number of carbonyl (C=O) groups excluding carboxylic acids is 1. The molecule has 1 aliphatic rings. The first kappa shape index (κ1) is 22.3. The monoisotopic (exact) mass is 436 g/mol. The number of hydrogen-bond acceptors (Lipinski definition) is 8. The van der Waals surface area contributed by atoms with Gasteiger partial charge in [-0.3, -0.25) is 9.36 Å². The smallest absolute Gasteiger partial charge is 0.350 e. The van der Waals surface area contributed by atoms with Crippen molar-refractivity contribution in [3.63, 3.8) is 0 Å². The van der Waals surface area contributed by atoms with Gasteiger partial charge in [0, 0.05) is 11.1 Å². The Hall–Kier alpha value is -3.38. The summed E-state index contributed by atoms with van der Waals surface area (Å²) in [6.07, 6.45) is -5.11. The SMILES string of the molecule is [N-]=[N+]=Nc1ccn([C@@H]2O[C@H](COC(=O)[C@@H](N)Cc3ccccc3)[C@@H](O)C2(F)F)c(=O)n1. The van der Waals surface area contributed by atoms with E-state index in [1.165, 1.54) is 0 Å². The zero-order valence-electron chi connectivity index (χ0n) is 15.9. The third-order valence-electron chi connectivity index (χ3n) is 4.59. The summed E-state index contributed by atoms with van der Waals surface area (Å²) in [5, 5.41) is 13.1. The Bertz CT molecular complexity index is 1040. The van der Waals surface area contributed by atoms with Gasteiger partial charge in [0.05, 0.1) is 0 Å². The molecule has 31 heavy (non-hydrogen) atoms. The molecule has 4 atom stereocenters. The van der Waals surface area contributed by atoms with Gasteiger partial charge in [0.2, 0.25) is 6.23 Å². The summed E-state index contributed by atoms with van der Waals surface area (Å²) in [6.45, 7) is -0.701. The molecule has 1 saturated heterocycles. The Morgan fingerprint density at radius 1 is 1.42 bits per heavy atom. The van der Waals surface area contributed by atoms with Gasteiger partial charge in [0.25, 0.3) is 0 Å². The second kappa shape index (κ2) is 9.18. The molecule has 0 spiro atoms. The van der Waals surface area contributed by atoms with Gasteiger partial charge in [0.15, 0.2) is 6.10 Å². The number of rotatable bonds is 7. The molecule has 0 radical (unpaired) electrons. The maximum absolute atomic E-state index is 14.5. The van der Waals surface area contributed by atoms with E-state index in [1.54, 1.807) is 30.3 Å². The molecule has 0 saturated carbocycles. The summed E-state index contributed by atoms with van der Waals surface area (Å²) in [4.78, 5) is 29.9. The van der Waals surface area contributed by atoms with Gasteiger partial charge in [0.1, 0.15) is 24.6 Å². The lowest BCUT2D eigenvalue weighted by molar-refractivity contribution is -0.152. The molecule has 0 bridgehead atoms. The van der Waals surface area contributed by atoms with Gasteiger partial charge in [-0.2, -0.15) is 13.8 Å². The Morgan fingerprint density at radius 3 is 2.77 bits per heavy atom. The molecule has 0 aliphatic carbocycles. The number of aliphatic hydroxyl groups is 1. The third-order valence-corrected chi connectivity index (χ3v) is 4.59. The highest BCUT2D eigenvalue weighted by Gasteiger charge is 2.60. The second-order valence-corrected chi connectivity index (χ2v) is 6.74. The number of azide groups is 1. The Balaban J connectivity index is 1.66. The molecule has 2 heterocycles. The largest absolute Gasteiger partial charge is 0.462 e. The number of alkyl halides is 2. The fourth-order valence-electron chi connectivity index (χ4n) is 3.01. The first-order chi connectivity index (χ1) is 14.7. The molecule has 1 fully saturated rings. The van der Waals surface area contributed by atoms with Crippen molar-refractivity contribution in [1.82, 2.24) is 9.55 Å². The highest BCUT2D eigenvalue weighted by atomic mass is 19.3. The van der Waals surface area contributed by atoms with E-state index in [4.69, 9.17) is 20.7 Å². The fraction of sp³-hybridized carbons (Fsp3) is 0.389. The summed E-state index contributed by atoms with van der Waals surface area (Å²) in [5.41, 5.74) is 13.7. The van der Waals surface area contributed by atoms with Crippen LogP contribution in [0.3, 0.4) is 0 Å². The number of carbonyl (C=O) groups is 1. The molecule has 2 aromatic rings. The van der Waals surface area contributed by atoms with Crippen LogP contribution in [0.1, 0.15) is 11.8 Å². The first-order valence-corrected chi connectivity index (χ1v) is 9.05. The number of aromatic nitrogens is 2. The average Bonchev–Trinajstić information content (AvgIpc) is 2.96. The average molecular weight is 436 g/mol. The second-order valence-electron chi connectivity index (χ2n) is 6.74. The van der Waals surface area contributed by atoms with Crippen LogP contribution in [0, 0.1) is 0 Å². The van der Waals surface area contributed by atoms with Gasteiger partial charge in [-0.1, -0.05) is 30.3 Å². The van der Waals surface area contributed by atoms with Crippen LogP contribution >= 0.6 is 0 Å². The molecule has 3 rings (SSSR count). The molecule has 11 nitrogen and oxygen atoms in total. The van der Waals surface area contributed by atoms with Crippen LogP contribution in [0.5, 0.6) is 0 Å². The number of hydrogen-bond donors (Lipinski definition) is 2. The molecule has 1 aromatic heterocycles. The van der Waals surface area contributed by atoms with E-state index in [0.29, 0.717) is 4.57 Å². The summed E-state index contributed by atoms with van der Waals surface area (Å²) < 4.78 is 39.6. The maximum atomic E-state index is 14.5. The third kappa shape index (κ3) is 4.86. The van der Waals surface area contributed by atoms with Crippen molar-refractivity contribution in [1.29, 1.82) is 0 Å². The summed E-state index contributed by atoms with van der Waals surface area (Å²) in [6, 6.07) is 8.86. The molecule has 3 N–H and O–H groups in total. The van der Waals surface area contributed by atoms with Crippen LogP contribution in [-0.4, -0.2) is 51.4 Å². The standard InChI is InChI=1S/C18H18F2N6O5/c19-18(20)14(27)12(9-30-15(28)11(21)8-10-4-2-1-3-5-10)31-16(18)26-7-6-13(24-25-22)23-17(26)29/h1-7,11-12,14,16,27H,8-9,21H2/t11-,12+,14+,16+/m0/s1. The highest BCUT2D eigenvalue weighted by molar-refractivity contribution is 5.75.